The van der Waals surface area contributed by atoms with Crippen LogP contribution in [-0.4, -0.2) is 20.2 Å². The van der Waals surface area contributed by atoms with Crippen molar-refractivity contribution in [2.75, 3.05) is 14.2 Å². The molecular weight excluding hydrogens is 216 g/mol. The van der Waals surface area contributed by atoms with E-state index in [1.54, 1.807) is 7.11 Å². The van der Waals surface area contributed by atoms with Crippen molar-refractivity contribution in [2.24, 2.45) is 0 Å². The van der Waals surface area contributed by atoms with Crippen LogP contribution >= 0.6 is 0 Å². The third kappa shape index (κ3) is 1.79. The third-order valence-electron chi connectivity index (χ3n) is 3.54. The molecule has 17 heavy (non-hydrogen) atoms. The maximum atomic E-state index is 11.8. The van der Waals surface area contributed by atoms with E-state index in [1.165, 1.54) is 7.11 Å². The number of rotatable bonds is 3. The zero-order valence-electron chi connectivity index (χ0n) is 10.8. The summed E-state index contributed by atoms with van der Waals surface area (Å²) in [6.07, 6.45) is 1.76. The first-order valence-corrected chi connectivity index (χ1v) is 5.79. The van der Waals surface area contributed by atoms with Gasteiger partial charge in [-0.2, -0.15) is 0 Å². The van der Waals surface area contributed by atoms with E-state index in [2.05, 4.69) is 0 Å². The van der Waals surface area contributed by atoms with Crippen molar-refractivity contribution in [1.29, 1.82) is 0 Å². The molecule has 0 bridgehead atoms. The van der Waals surface area contributed by atoms with E-state index in [0.29, 0.717) is 0 Å². The smallest absolute Gasteiger partial charge is 0.316 e. The molecule has 0 aliphatic heterocycles. The minimum absolute atomic E-state index is 0.124. The highest BCUT2D eigenvalue weighted by atomic mass is 16.5. The average Bonchev–Trinajstić information content (AvgIpc) is 3.08. The lowest BCUT2D eigenvalue weighted by Crippen LogP contribution is -2.22. The van der Waals surface area contributed by atoms with Gasteiger partial charge in [0.25, 0.3) is 0 Å². The number of ether oxygens (including phenoxy) is 2. The summed E-state index contributed by atoms with van der Waals surface area (Å²) in [5.74, 6) is 0.774. The molecule has 1 aliphatic carbocycles. The van der Waals surface area contributed by atoms with Gasteiger partial charge in [-0.3, -0.25) is 4.79 Å². The summed E-state index contributed by atoms with van der Waals surface area (Å²) in [6.45, 7) is 4.01. The van der Waals surface area contributed by atoms with E-state index in [-0.39, 0.29) is 5.97 Å². The van der Waals surface area contributed by atoms with Crippen molar-refractivity contribution < 1.29 is 14.3 Å². The molecule has 0 atom stereocenters. The van der Waals surface area contributed by atoms with E-state index in [9.17, 15) is 4.79 Å². The number of carbonyl (C=O) groups excluding carboxylic acids is 1. The fourth-order valence-electron chi connectivity index (χ4n) is 2.48. The molecule has 1 saturated carbocycles. The lowest BCUT2D eigenvalue weighted by atomic mass is 9.92. The summed E-state index contributed by atoms with van der Waals surface area (Å²) in [5.41, 5.74) is 2.80. The van der Waals surface area contributed by atoms with Gasteiger partial charge in [0, 0.05) is 0 Å². The molecule has 2 rings (SSSR count). The van der Waals surface area contributed by atoms with E-state index in [1.807, 2.05) is 26.0 Å². The third-order valence-corrected chi connectivity index (χ3v) is 3.54. The summed E-state index contributed by atoms with van der Waals surface area (Å²) in [6, 6.07) is 4.07. The summed E-state index contributed by atoms with van der Waals surface area (Å²) in [5, 5.41) is 0. The van der Waals surface area contributed by atoms with Gasteiger partial charge in [0.1, 0.15) is 5.75 Å². The minimum atomic E-state index is -0.392. The summed E-state index contributed by atoms with van der Waals surface area (Å²) in [7, 11) is 3.12. The Labute approximate surface area is 102 Å². The standard InChI is InChI=1S/C14H18O3/c1-9-7-11(8-10(2)12(9)16-3)14(5-6-14)13(15)17-4/h7-8H,5-6H2,1-4H3. The highest BCUT2D eigenvalue weighted by molar-refractivity contribution is 5.86. The van der Waals surface area contributed by atoms with Crippen LogP contribution in [-0.2, 0) is 14.9 Å². The van der Waals surface area contributed by atoms with Gasteiger partial charge in [-0.05, 0) is 43.4 Å². The predicted octanol–water partition coefficient (Wildman–Crippen LogP) is 2.52. The Bertz CT molecular complexity index is 436. The molecule has 0 heterocycles. The molecule has 3 heteroatoms. The van der Waals surface area contributed by atoms with Gasteiger partial charge in [-0.15, -0.1) is 0 Å². The summed E-state index contributed by atoms with van der Waals surface area (Å²) >= 11 is 0. The first kappa shape index (κ1) is 12.0. The Morgan fingerprint density at radius 3 is 2.06 bits per heavy atom. The van der Waals surface area contributed by atoms with Crippen molar-refractivity contribution in [3.8, 4) is 5.75 Å². The Morgan fingerprint density at radius 2 is 1.71 bits per heavy atom. The second-order valence-corrected chi connectivity index (χ2v) is 4.72. The van der Waals surface area contributed by atoms with Crippen molar-refractivity contribution >= 4 is 5.97 Å². The van der Waals surface area contributed by atoms with Gasteiger partial charge < -0.3 is 9.47 Å². The number of methoxy groups -OCH3 is 2. The highest BCUT2D eigenvalue weighted by Gasteiger charge is 2.52. The van der Waals surface area contributed by atoms with Crippen molar-refractivity contribution in [3.63, 3.8) is 0 Å². The van der Waals surface area contributed by atoms with E-state index in [0.717, 1.165) is 35.3 Å². The molecular formula is C14H18O3. The molecule has 0 saturated heterocycles. The van der Waals surface area contributed by atoms with Gasteiger partial charge in [0.05, 0.1) is 19.6 Å². The van der Waals surface area contributed by atoms with E-state index in [4.69, 9.17) is 9.47 Å². The van der Waals surface area contributed by atoms with Crippen LogP contribution in [0.4, 0.5) is 0 Å². The molecule has 0 radical (unpaired) electrons. The predicted molar refractivity (Wildman–Crippen MR) is 65.4 cm³/mol. The first-order chi connectivity index (χ1) is 8.05. The van der Waals surface area contributed by atoms with Crippen LogP contribution in [0.3, 0.4) is 0 Å². The summed E-state index contributed by atoms with van der Waals surface area (Å²) < 4.78 is 10.2. The van der Waals surface area contributed by atoms with Crippen LogP contribution in [0.25, 0.3) is 0 Å². The van der Waals surface area contributed by atoms with Gasteiger partial charge in [-0.25, -0.2) is 0 Å². The Morgan fingerprint density at radius 1 is 1.18 bits per heavy atom. The number of esters is 1. The summed E-state index contributed by atoms with van der Waals surface area (Å²) in [4.78, 5) is 11.8. The lowest BCUT2D eigenvalue weighted by molar-refractivity contribution is -0.143. The minimum Gasteiger partial charge on any atom is -0.496 e. The normalized spacial score (nSPS) is 16.5. The zero-order valence-corrected chi connectivity index (χ0v) is 10.8. The lowest BCUT2D eigenvalue weighted by Gasteiger charge is -2.17. The molecule has 0 spiro atoms. The fraction of sp³-hybridized carbons (Fsp3) is 0.500. The number of hydrogen-bond acceptors (Lipinski definition) is 3. The van der Waals surface area contributed by atoms with E-state index >= 15 is 0 Å². The molecule has 92 valence electrons. The largest absolute Gasteiger partial charge is 0.496 e. The van der Waals surface area contributed by atoms with Gasteiger partial charge >= 0.3 is 5.97 Å². The Hall–Kier alpha value is -1.51. The molecule has 0 N–H and O–H groups in total. The van der Waals surface area contributed by atoms with Gasteiger partial charge in [-0.1, -0.05) is 12.1 Å². The maximum Gasteiger partial charge on any atom is 0.316 e. The maximum absolute atomic E-state index is 11.8. The Kier molecular flexibility index (Phi) is 2.86. The van der Waals surface area contributed by atoms with Crippen molar-refractivity contribution in [3.05, 3.63) is 28.8 Å². The fourth-order valence-corrected chi connectivity index (χ4v) is 2.48. The number of hydrogen-bond donors (Lipinski definition) is 0. The SMILES string of the molecule is COC(=O)C1(c2cc(C)c(OC)c(C)c2)CC1. The molecule has 0 unspecified atom stereocenters. The number of aryl methyl sites for hydroxylation is 2. The van der Waals surface area contributed by atoms with Crippen LogP contribution in [0, 0.1) is 13.8 Å². The quantitative estimate of drug-likeness (QED) is 0.754. The van der Waals surface area contributed by atoms with Crippen LogP contribution in [0.15, 0.2) is 12.1 Å². The van der Waals surface area contributed by atoms with Crippen molar-refractivity contribution in [2.45, 2.75) is 32.1 Å². The van der Waals surface area contributed by atoms with Crippen LogP contribution < -0.4 is 4.74 Å². The molecule has 0 amide bonds. The molecule has 1 aliphatic rings. The van der Waals surface area contributed by atoms with Crippen LogP contribution in [0.1, 0.15) is 29.5 Å². The molecule has 1 aromatic carbocycles. The first-order valence-electron chi connectivity index (χ1n) is 5.79. The molecule has 1 aromatic rings. The molecule has 0 aromatic heterocycles. The van der Waals surface area contributed by atoms with Crippen LogP contribution in [0.2, 0.25) is 0 Å². The van der Waals surface area contributed by atoms with Crippen LogP contribution in [0.5, 0.6) is 5.75 Å². The molecule has 1 fully saturated rings. The topological polar surface area (TPSA) is 35.5 Å². The monoisotopic (exact) mass is 234 g/mol. The highest BCUT2D eigenvalue weighted by Crippen LogP contribution is 2.50. The number of benzene rings is 1. The van der Waals surface area contributed by atoms with Gasteiger partial charge in [0.15, 0.2) is 0 Å². The van der Waals surface area contributed by atoms with Gasteiger partial charge in [0.2, 0.25) is 0 Å². The zero-order chi connectivity index (χ0) is 12.6. The Balaban J connectivity index is 2.45. The average molecular weight is 234 g/mol. The second-order valence-electron chi connectivity index (χ2n) is 4.72. The molecule has 3 nitrogen and oxygen atoms in total. The second kappa shape index (κ2) is 4.06. The van der Waals surface area contributed by atoms with E-state index < -0.39 is 5.41 Å². The van der Waals surface area contributed by atoms with Crippen molar-refractivity contribution in [1.82, 2.24) is 0 Å². The number of carbonyl (C=O) groups is 1.